The van der Waals surface area contributed by atoms with Gasteiger partial charge in [-0.3, -0.25) is 0 Å². The molecule has 0 fully saturated rings. The van der Waals surface area contributed by atoms with Gasteiger partial charge in [-0.1, -0.05) is 0 Å². The molecule has 1 rings (SSSR count). The van der Waals surface area contributed by atoms with Crippen LogP contribution in [0.4, 0.5) is 13.2 Å². The quantitative estimate of drug-likeness (QED) is 0.771. The summed E-state index contributed by atoms with van der Waals surface area (Å²) in [6.07, 6.45) is -2.98. The highest BCUT2D eigenvalue weighted by Gasteiger charge is 2.17. The summed E-state index contributed by atoms with van der Waals surface area (Å²) >= 11 is 2.67. The summed E-state index contributed by atoms with van der Waals surface area (Å²) < 4.78 is 37.2. The maximum atomic E-state index is 12.9. The standard InChI is InChI=1S/C8H4BrF3N2/c9-6-5(7(10)11)3-4(1-2-13)14-8(6)12/h3,7H,1H2. The molecule has 0 bridgehead atoms. The van der Waals surface area contributed by atoms with Crippen LogP contribution in [0.2, 0.25) is 0 Å². The third-order valence-corrected chi connectivity index (χ3v) is 2.28. The van der Waals surface area contributed by atoms with Gasteiger partial charge in [0.25, 0.3) is 6.43 Å². The van der Waals surface area contributed by atoms with Crippen molar-refractivity contribution >= 4 is 15.9 Å². The van der Waals surface area contributed by atoms with Crippen LogP contribution in [0, 0.1) is 17.3 Å². The molecule has 0 aliphatic rings. The molecule has 1 aromatic rings. The fourth-order valence-electron chi connectivity index (χ4n) is 0.900. The molecule has 0 amide bonds. The molecular weight excluding hydrogens is 261 g/mol. The second kappa shape index (κ2) is 4.42. The van der Waals surface area contributed by atoms with E-state index in [2.05, 4.69) is 20.9 Å². The number of hydrogen-bond acceptors (Lipinski definition) is 2. The third-order valence-electron chi connectivity index (χ3n) is 1.49. The van der Waals surface area contributed by atoms with Crippen molar-refractivity contribution in [2.45, 2.75) is 12.8 Å². The Morgan fingerprint density at radius 2 is 2.21 bits per heavy atom. The molecule has 0 saturated carbocycles. The van der Waals surface area contributed by atoms with Crippen molar-refractivity contribution in [1.29, 1.82) is 5.26 Å². The van der Waals surface area contributed by atoms with Gasteiger partial charge in [-0.05, 0) is 22.0 Å². The van der Waals surface area contributed by atoms with Gasteiger partial charge < -0.3 is 0 Å². The van der Waals surface area contributed by atoms with E-state index in [1.807, 2.05) is 0 Å². The lowest BCUT2D eigenvalue weighted by Crippen LogP contribution is -1.98. The van der Waals surface area contributed by atoms with Crippen LogP contribution in [0.1, 0.15) is 17.7 Å². The third kappa shape index (κ3) is 2.23. The van der Waals surface area contributed by atoms with Gasteiger partial charge in [-0.15, -0.1) is 0 Å². The Balaban J connectivity index is 3.22. The number of aromatic nitrogens is 1. The van der Waals surface area contributed by atoms with Crippen LogP contribution in [0.15, 0.2) is 10.5 Å². The summed E-state index contributed by atoms with van der Waals surface area (Å²) in [4.78, 5) is 3.34. The summed E-state index contributed by atoms with van der Waals surface area (Å²) in [6.45, 7) is 0. The predicted octanol–water partition coefficient (Wildman–Crippen LogP) is 2.99. The monoisotopic (exact) mass is 264 g/mol. The lowest BCUT2D eigenvalue weighted by Gasteiger charge is -2.05. The largest absolute Gasteiger partial charge is 0.265 e. The number of nitriles is 1. The first-order valence-electron chi connectivity index (χ1n) is 3.56. The maximum absolute atomic E-state index is 12.9. The molecule has 14 heavy (non-hydrogen) atoms. The van der Waals surface area contributed by atoms with Crippen molar-refractivity contribution in [2.75, 3.05) is 0 Å². The Labute approximate surface area is 86.5 Å². The Morgan fingerprint density at radius 3 is 2.71 bits per heavy atom. The Morgan fingerprint density at radius 1 is 1.57 bits per heavy atom. The summed E-state index contributed by atoms with van der Waals surface area (Å²) in [5.41, 5.74) is -0.480. The van der Waals surface area contributed by atoms with Crippen molar-refractivity contribution in [1.82, 2.24) is 4.98 Å². The minimum absolute atomic E-state index is 0.00324. The Kier molecular flexibility index (Phi) is 3.47. The number of nitrogens with zero attached hydrogens (tertiary/aromatic N) is 2. The van der Waals surface area contributed by atoms with Gasteiger partial charge in [0.05, 0.1) is 22.7 Å². The van der Waals surface area contributed by atoms with Gasteiger partial charge in [-0.2, -0.15) is 9.65 Å². The van der Waals surface area contributed by atoms with E-state index in [-0.39, 0.29) is 16.6 Å². The highest BCUT2D eigenvalue weighted by atomic mass is 79.9. The molecule has 0 aliphatic heterocycles. The fourth-order valence-corrected chi connectivity index (χ4v) is 1.28. The second-order valence-electron chi connectivity index (χ2n) is 2.44. The van der Waals surface area contributed by atoms with Crippen molar-refractivity contribution < 1.29 is 13.2 Å². The van der Waals surface area contributed by atoms with E-state index in [4.69, 9.17) is 5.26 Å². The molecule has 1 heterocycles. The molecule has 6 heteroatoms. The van der Waals surface area contributed by atoms with E-state index in [0.717, 1.165) is 6.07 Å². The Bertz CT molecular complexity index is 387. The molecule has 0 aromatic carbocycles. The van der Waals surface area contributed by atoms with E-state index >= 15 is 0 Å². The van der Waals surface area contributed by atoms with Gasteiger partial charge in [-0.25, -0.2) is 13.8 Å². The summed E-state index contributed by atoms with van der Waals surface area (Å²) in [5, 5.41) is 8.30. The zero-order valence-corrected chi connectivity index (χ0v) is 8.35. The molecule has 0 spiro atoms. The highest BCUT2D eigenvalue weighted by molar-refractivity contribution is 9.10. The van der Waals surface area contributed by atoms with E-state index < -0.39 is 17.9 Å². The van der Waals surface area contributed by atoms with Crippen molar-refractivity contribution in [3.8, 4) is 6.07 Å². The first kappa shape index (κ1) is 11.0. The van der Waals surface area contributed by atoms with Gasteiger partial charge in [0.2, 0.25) is 5.95 Å². The minimum atomic E-state index is -2.79. The number of rotatable bonds is 2. The predicted molar refractivity (Wildman–Crippen MR) is 46.2 cm³/mol. The average molecular weight is 265 g/mol. The molecule has 2 nitrogen and oxygen atoms in total. The van der Waals surface area contributed by atoms with E-state index in [9.17, 15) is 13.2 Å². The fraction of sp³-hybridized carbons (Fsp3) is 0.250. The number of hydrogen-bond donors (Lipinski definition) is 0. The lowest BCUT2D eigenvalue weighted by atomic mass is 10.2. The first-order valence-corrected chi connectivity index (χ1v) is 4.35. The van der Waals surface area contributed by atoms with Crippen molar-refractivity contribution in [2.24, 2.45) is 0 Å². The number of alkyl halides is 2. The highest BCUT2D eigenvalue weighted by Crippen LogP contribution is 2.29. The van der Waals surface area contributed by atoms with Gasteiger partial charge >= 0.3 is 0 Å². The maximum Gasteiger partial charge on any atom is 0.265 e. The summed E-state index contributed by atoms with van der Waals surface area (Å²) in [5.74, 6) is -1.02. The van der Waals surface area contributed by atoms with Crippen LogP contribution in [-0.2, 0) is 6.42 Å². The minimum Gasteiger partial charge on any atom is -0.223 e. The van der Waals surface area contributed by atoms with Crippen LogP contribution in [0.3, 0.4) is 0 Å². The van der Waals surface area contributed by atoms with E-state index in [1.54, 1.807) is 6.07 Å². The van der Waals surface area contributed by atoms with E-state index in [1.165, 1.54) is 0 Å². The zero-order valence-electron chi connectivity index (χ0n) is 6.77. The lowest BCUT2D eigenvalue weighted by molar-refractivity contribution is 0.149. The summed E-state index contributed by atoms with van der Waals surface area (Å²) in [7, 11) is 0. The number of pyridine rings is 1. The van der Waals surface area contributed by atoms with Crippen LogP contribution in [0.5, 0.6) is 0 Å². The zero-order chi connectivity index (χ0) is 10.7. The van der Waals surface area contributed by atoms with Crippen LogP contribution >= 0.6 is 15.9 Å². The molecular formula is C8H4BrF3N2. The van der Waals surface area contributed by atoms with Crippen molar-refractivity contribution in [3.05, 3.63) is 27.7 Å². The van der Waals surface area contributed by atoms with Crippen LogP contribution in [0.25, 0.3) is 0 Å². The molecule has 0 saturated heterocycles. The molecule has 0 radical (unpaired) electrons. The average Bonchev–Trinajstić information content (AvgIpc) is 2.11. The number of halogens is 4. The molecule has 74 valence electrons. The topological polar surface area (TPSA) is 36.7 Å². The molecule has 0 unspecified atom stereocenters. The van der Waals surface area contributed by atoms with Gasteiger partial charge in [0, 0.05) is 5.56 Å². The molecule has 0 aliphatic carbocycles. The smallest absolute Gasteiger partial charge is 0.223 e. The normalized spacial score (nSPS) is 10.3. The molecule has 0 N–H and O–H groups in total. The Hall–Kier alpha value is -1.09. The molecule has 0 atom stereocenters. The van der Waals surface area contributed by atoms with Gasteiger partial charge in [0.1, 0.15) is 0 Å². The molecule has 1 aromatic heterocycles. The SMILES string of the molecule is N#CCc1cc(C(F)F)c(Br)c(F)n1. The second-order valence-corrected chi connectivity index (χ2v) is 3.24. The first-order chi connectivity index (χ1) is 6.56. The van der Waals surface area contributed by atoms with Crippen molar-refractivity contribution in [3.63, 3.8) is 0 Å². The van der Waals surface area contributed by atoms with Crippen LogP contribution < -0.4 is 0 Å². The summed E-state index contributed by atoms with van der Waals surface area (Å²) in [6, 6.07) is 2.72. The van der Waals surface area contributed by atoms with Gasteiger partial charge in [0.15, 0.2) is 0 Å². The van der Waals surface area contributed by atoms with Crippen LogP contribution in [-0.4, -0.2) is 4.98 Å². The van der Waals surface area contributed by atoms with E-state index in [0.29, 0.717) is 0 Å².